The molecule has 128 valence electrons. The molecule has 0 saturated heterocycles. The van der Waals surface area contributed by atoms with Crippen LogP contribution in [0, 0.1) is 0 Å². The number of anilines is 2. The van der Waals surface area contributed by atoms with Crippen molar-refractivity contribution < 1.29 is 19.1 Å². The van der Waals surface area contributed by atoms with E-state index in [1.165, 1.54) is 14.2 Å². The van der Waals surface area contributed by atoms with Crippen LogP contribution in [0.25, 0.3) is 0 Å². The molecule has 0 spiro atoms. The van der Waals surface area contributed by atoms with Gasteiger partial charge < -0.3 is 19.3 Å². The summed E-state index contributed by atoms with van der Waals surface area (Å²) in [6, 6.07) is 11.3. The van der Waals surface area contributed by atoms with E-state index >= 15 is 0 Å². The number of nitrogens with zero attached hydrogens (tertiary/aromatic N) is 2. The zero-order valence-corrected chi connectivity index (χ0v) is 14.1. The van der Waals surface area contributed by atoms with Crippen LogP contribution >= 0.6 is 0 Å². The third-order valence-electron chi connectivity index (χ3n) is 4.75. The fraction of sp³-hybridized carbons (Fsp3) is 0.263. The highest BCUT2D eigenvalue weighted by Crippen LogP contribution is 2.38. The summed E-state index contributed by atoms with van der Waals surface area (Å²) < 4.78 is 9.63. The number of esters is 2. The van der Waals surface area contributed by atoms with E-state index in [9.17, 15) is 9.59 Å². The molecule has 0 N–H and O–H groups in total. The number of methoxy groups -OCH3 is 2. The summed E-state index contributed by atoms with van der Waals surface area (Å²) >= 11 is 0. The second-order valence-electron chi connectivity index (χ2n) is 6.21. The molecule has 0 fully saturated rings. The van der Waals surface area contributed by atoms with E-state index in [4.69, 9.17) is 9.47 Å². The molecule has 0 saturated carbocycles. The summed E-state index contributed by atoms with van der Waals surface area (Å²) in [5, 5.41) is 0. The number of hydrogen-bond donors (Lipinski definition) is 0. The van der Waals surface area contributed by atoms with Gasteiger partial charge in [0.15, 0.2) is 0 Å². The van der Waals surface area contributed by atoms with E-state index < -0.39 is 0 Å². The molecule has 2 aromatic carbocycles. The van der Waals surface area contributed by atoms with Crippen molar-refractivity contribution in [1.29, 1.82) is 0 Å². The number of hydrogen-bond acceptors (Lipinski definition) is 6. The number of carbonyl (C=O) groups is 2. The summed E-state index contributed by atoms with van der Waals surface area (Å²) in [4.78, 5) is 28.0. The van der Waals surface area contributed by atoms with E-state index in [0.29, 0.717) is 24.2 Å². The minimum absolute atomic E-state index is 0.327. The third-order valence-corrected chi connectivity index (χ3v) is 4.75. The van der Waals surface area contributed by atoms with Gasteiger partial charge in [-0.05, 0) is 47.5 Å². The van der Waals surface area contributed by atoms with Crippen LogP contribution in [-0.4, -0.2) is 32.8 Å². The molecule has 0 atom stereocenters. The Kier molecular flexibility index (Phi) is 3.60. The third kappa shape index (κ3) is 2.50. The van der Waals surface area contributed by atoms with E-state index in [-0.39, 0.29) is 11.9 Å². The van der Waals surface area contributed by atoms with Crippen molar-refractivity contribution in [3.8, 4) is 0 Å². The summed E-state index contributed by atoms with van der Waals surface area (Å²) in [5.74, 6) is -0.654. The first-order valence-corrected chi connectivity index (χ1v) is 8.03. The molecule has 2 heterocycles. The fourth-order valence-corrected chi connectivity index (χ4v) is 3.57. The fourth-order valence-electron chi connectivity index (χ4n) is 3.57. The van der Waals surface area contributed by atoms with Crippen molar-refractivity contribution in [2.45, 2.75) is 13.1 Å². The lowest BCUT2D eigenvalue weighted by atomic mass is 9.98. The predicted molar refractivity (Wildman–Crippen MR) is 92.8 cm³/mol. The van der Waals surface area contributed by atoms with Gasteiger partial charge in [-0.1, -0.05) is 0 Å². The Hall–Kier alpha value is -3.02. The maximum absolute atomic E-state index is 11.8. The zero-order valence-electron chi connectivity index (χ0n) is 14.1. The van der Waals surface area contributed by atoms with Gasteiger partial charge in [0.25, 0.3) is 0 Å². The van der Waals surface area contributed by atoms with Crippen LogP contribution in [-0.2, 0) is 22.6 Å². The molecule has 2 aliphatic heterocycles. The van der Waals surface area contributed by atoms with Gasteiger partial charge in [-0.15, -0.1) is 0 Å². The van der Waals surface area contributed by atoms with E-state index in [0.717, 1.165) is 29.2 Å². The second-order valence-corrected chi connectivity index (χ2v) is 6.21. The Balaban J connectivity index is 1.71. The van der Waals surface area contributed by atoms with Gasteiger partial charge in [0.2, 0.25) is 0 Å². The second kappa shape index (κ2) is 5.81. The average Bonchev–Trinajstić information content (AvgIpc) is 2.65. The quantitative estimate of drug-likeness (QED) is 0.785. The van der Waals surface area contributed by atoms with Gasteiger partial charge in [-0.25, -0.2) is 9.59 Å². The molecule has 25 heavy (non-hydrogen) atoms. The average molecular weight is 338 g/mol. The summed E-state index contributed by atoms with van der Waals surface area (Å²) in [7, 11) is 2.78. The molecule has 2 aliphatic rings. The first-order valence-electron chi connectivity index (χ1n) is 8.03. The van der Waals surface area contributed by atoms with Crippen LogP contribution in [0.3, 0.4) is 0 Å². The SMILES string of the molecule is COC(=O)c1ccc2c(c1)CN1CN2Cc2cc(C(=O)OC)ccc21. The summed E-state index contributed by atoms with van der Waals surface area (Å²) in [6.45, 7) is 2.21. The number of fused-ring (bicyclic) bond motifs is 6. The topological polar surface area (TPSA) is 59.1 Å². The van der Waals surface area contributed by atoms with Crippen LogP contribution in [0.2, 0.25) is 0 Å². The molecule has 6 heteroatoms. The zero-order chi connectivity index (χ0) is 17.6. The lowest BCUT2D eigenvalue weighted by Crippen LogP contribution is -2.46. The first kappa shape index (κ1) is 15.5. The Morgan fingerprint density at radius 3 is 1.64 bits per heavy atom. The number of rotatable bonds is 2. The van der Waals surface area contributed by atoms with Crippen molar-refractivity contribution in [2.75, 3.05) is 30.7 Å². The normalized spacial score (nSPS) is 14.5. The van der Waals surface area contributed by atoms with Crippen molar-refractivity contribution >= 4 is 23.3 Å². The first-order chi connectivity index (χ1) is 12.1. The summed E-state index contributed by atoms with van der Waals surface area (Å²) in [5.41, 5.74) is 5.53. The Bertz CT molecular complexity index is 806. The monoisotopic (exact) mass is 338 g/mol. The Morgan fingerprint density at radius 1 is 0.800 bits per heavy atom. The van der Waals surface area contributed by atoms with Gasteiger partial charge in [-0.3, -0.25) is 0 Å². The molecule has 0 amide bonds. The Labute approximate surface area is 145 Å². The molecular formula is C19H18N2O4. The smallest absolute Gasteiger partial charge is 0.337 e. The van der Waals surface area contributed by atoms with E-state index in [2.05, 4.69) is 9.80 Å². The highest BCUT2D eigenvalue weighted by atomic mass is 16.5. The maximum Gasteiger partial charge on any atom is 0.337 e. The predicted octanol–water partition coefficient (Wildman–Crippen LogP) is 2.56. The lowest BCUT2D eigenvalue weighted by molar-refractivity contribution is 0.0592. The molecule has 0 radical (unpaired) electrons. The molecule has 0 unspecified atom stereocenters. The lowest BCUT2D eigenvalue weighted by Gasteiger charge is -2.45. The number of carbonyl (C=O) groups excluding carboxylic acids is 2. The van der Waals surface area contributed by atoms with Gasteiger partial charge in [0.1, 0.15) is 0 Å². The van der Waals surface area contributed by atoms with E-state index in [1.54, 1.807) is 12.1 Å². The molecule has 0 aromatic heterocycles. The van der Waals surface area contributed by atoms with Crippen LogP contribution in [0.4, 0.5) is 11.4 Å². The molecule has 2 aromatic rings. The van der Waals surface area contributed by atoms with Crippen molar-refractivity contribution in [3.63, 3.8) is 0 Å². The van der Waals surface area contributed by atoms with Crippen LogP contribution < -0.4 is 9.80 Å². The standard InChI is InChI=1S/C19H18N2O4/c1-24-18(22)12-3-5-16-14(7-12)9-20-11-21(16)10-15-8-13(19(23)25-2)4-6-17(15)20/h3-8H,9-11H2,1-2H3. The van der Waals surface area contributed by atoms with Crippen LogP contribution in [0.15, 0.2) is 36.4 Å². The molecule has 6 nitrogen and oxygen atoms in total. The van der Waals surface area contributed by atoms with Gasteiger partial charge in [0, 0.05) is 24.5 Å². The number of ether oxygens (including phenoxy) is 2. The highest BCUT2D eigenvalue weighted by Gasteiger charge is 2.30. The van der Waals surface area contributed by atoms with Gasteiger partial charge in [0.05, 0.1) is 32.0 Å². The molecule has 2 bridgehead atoms. The molecular weight excluding hydrogens is 320 g/mol. The minimum Gasteiger partial charge on any atom is -0.465 e. The highest BCUT2D eigenvalue weighted by molar-refractivity contribution is 5.91. The van der Waals surface area contributed by atoms with Crippen LogP contribution in [0.5, 0.6) is 0 Å². The molecule has 4 rings (SSSR count). The van der Waals surface area contributed by atoms with Crippen LogP contribution in [0.1, 0.15) is 31.8 Å². The molecule has 0 aliphatic carbocycles. The van der Waals surface area contributed by atoms with E-state index in [1.807, 2.05) is 24.3 Å². The Morgan fingerprint density at radius 2 is 1.24 bits per heavy atom. The van der Waals surface area contributed by atoms with Crippen molar-refractivity contribution in [1.82, 2.24) is 0 Å². The van der Waals surface area contributed by atoms with Crippen molar-refractivity contribution in [2.24, 2.45) is 0 Å². The largest absolute Gasteiger partial charge is 0.465 e. The van der Waals surface area contributed by atoms with Gasteiger partial charge >= 0.3 is 11.9 Å². The number of benzene rings is 2. The summed E-state index contributed by atoms with van der Waals surface area (Å²) in [6.07, 6.45) is 0. The minimum atomic E-state index is -0.327. The van der Waals surface area contributed by atoms with Gasteiger partial charge in [-0.2, -0.15) is 0 Å². The maximum atomic E-state index is 11.8. The van der Waals surface area contributed by atoms with Crippen molar-refractivity contribution in [3.05, 3.63) is 58.7 Å².